The molecule has 1 aromatic carbocycles. The van der Waals surface area contributed by atoms with Gasteiger partial charge in [-0.05, 0) is 18.2 Å². The van der Waals surface area contributed by atoms with E-state index in [0.29, 0.717) is 5.75 Å². The molecular weight excluding hydrogens is 283 g/mol. The third-order valence-corrected chi connectivity index (χ3v) is 3.53. The van der Waals surface area contributed by atoms with Crippen LogP contribution in [0.3, 0.4) is 0 Å². The summed E-state index contributed by atoms with van der Waals surface area (Å²) in [6, 6.07) is 5.26. The number of ether oxygens (including phenoxy) is 2. The lowest BCUT2D eigenvalue weighted by Crippen LogP contribution is -2.45. The Balaban J connectivity index is 0.00000200. The van der Waals surface area contributed by atoms with E-state index in [2.05, 4.69) is 10.2 Å². The predicted molar refractivity (Wildman–Crippen MR) is 80.0 cm³/mol. The van der Waals surface area contributed by atoms with Crippen molar-refractivity contribution in [1.29, 1.82) is 0 Å². The zero-order chi connectivity index (χ0) is 13.7. The Morgan fingerprint density at radius 2 is 1.95 bits per heavy atom. The molecule has 6 heteroatoms. The van der Waals surface area contributed by atoms with Crippen molar-refractivity contribution in [2.24, 2.45) is 0 Å². The number of nitrogens with one attached hydrogen (secondary N) is 1. The van der Waals surface area contributed by atoms with Crippen LogP contribution in [-0.2, 0) is 0 Å². The molecule has 1 aliphatic rings. The molecule has 0 unspecified atom stereocenters. The van der Waals surface area contributed by atoms with Crippen molar-refractivity contribution in [2.75, 3.05) is 47.1 Å². The van der Waals surface area contributed by atoms with E-state index in [1.54, 1.807) is 14.2 Å². The number of halogens is 2. The van der Waals surface area contributed by atoms with Gasteiger partial charge in [0.05, 0.1) is 20.3 Å². The summed E-state index contributed by atoms with van der Waals surface area (Å²) >= 11 is 0. The van der Waals surface area contributed by atoms with Crippen LogP contribution in [0.4, 0.5) is 4.39 Å². The molecule has 0 amide bonds. The first-order valence-electron chi connectivity index (χ1n) is 6.52. The second kappa shape index (κ2) is 8.29. The van der Waals surface area contributed by atoms with Gasteiger partial charge in [0.2, 0.25) is 0 Å². The Labute approximate surface area is 125 Å². The first-order chi connectivity index (χ1) is 9.30. The Bertz CT molecular complexity index is 414. The van der Waals surface area contributed by atoms with Crippen molar-refractivity contribution < 1.29 is 13.9 Å². The normalized spacial score (nSPS) is 17.1. The topological polar surface area (TPSA) is 33.7 Å². The SMILES string of the molecule is COc1ccc(OC)c([C@H](CF)N2CCNCC2)c1.Cl. The standard InChI is InChI=1S/C14H21FN2O2.ClH/c1-18-11-3-4-14(19-2)12(9-11)13(10-15)17-7-5-16-6-8-17;/h3-4,9,13,16H,5-8,10H2,1-2H3;1H/t13-;/m0./s1. The zero-order valence-electron chi connectivity index (χ0n) is 11.9. The van der Waals surface area contributed by atoms with E-state index in [1.807, 2.05) is 18.2 Å². The molecule has 20 heavy (non-hydrogen) atoms. The molecule has 0 radical (unpaired) electrons. The summed E-state index contributed by atoms with van der Waals surface area (Å²) in [6.07, 6.45) is 0. The minimum atomic E-state index is -0.427. The summed E-state index contributed by atoms with van der Waals surface area (Å²) < 4.78 is 24.1. The van der Waals surface area contributed by atoms with E-state index in [0.717, 1.165) is 37.5 Å². The number of alkyl halides is 1. The summed E-state index contributed by atoms with van der Waals surface area (Å²) in [5.74, 6) is 1.44. The van der Waals surface area contributed by atoms with E-state index in [1.165, 1.54) is 0 Å². The number of rotatable bonds is 5. The third kappa shape index (κ3) is 3.75. The van der Waals surface area contributed by atoms with Crippen LogP contribution in [0.2, 0.25) is 0 Å². The summed E-state index contributed by atoms with van der Waals surface area (Å²) in [5, 5.41) is 3.28. The highest BCUT2D eigenvalue weighted by molar-refractivity contribution is 5.85. The Morgan fingerprint density at radius 3 is 2.50 bits per heavy atom. The molecule has 0 aromatic heterocycles. The van der Waals surface area contributed by atoms with Gasteiger partial charge in [0.1, 0.15) is 18.2 Å². The van der Waals surface area contributed by atoms with Crippen molar-refractivity contribution in [3.05, 3.63) is 23.8 Å². The first-order valence-corrected chi connectivity index (χ1v) is 6.52. The van der Waals surface area contributed by atoms with Crippen LogP contribution in [-0.4, -0.2) is 52.0 Å². The number of piperazine rings is 1. The number of benzene rings is 1. The van der Waals surface area contributed by atoms with Gasteiger partial charge in [-0.15, -0.1) is 12.4 Å². The lowest BCUT2D eigenvalue weighted by molar-refractivity contribution is 0.145. The molecule has 114 valence electrons. The fraction of sp³-hybridized carbons (Fsp3) is 0.571. The van der Waals surface area contributed by atoms with E-state index < -0.39 is 6.67 Å². The van der Waals surface area contributed by atoms with Crippen molar-refractivity contribution in [1.82, 2.24) is 10.2 Å². The Morgan fingerprint density at radius 1 is 1.25 bits per heavy atom. The van der Waals surface area contributed by atoms with Gasteiger partial charge in [-0.2, -0.15) is 0 Å². The summed E-state index contributed by atoms with van der Waals surface area (Å²) in [6.45, 7) is 3.04. The molecule has 1 saturated heterocycles. The molecular formula is C14H22ClFN2O2. The minimum absolute atomic E-state index is 0. The summed E-state index contributed by atoms with van der Waals surface area (Å²) in [5.41, 5.74) is 0.853. The molecule has 0 spiro atoms. The molecule has 0 saturated carbocycles. The van der Waals surface area contributed by atoms with Crippen LogP contribution in [0.5, 0.6) is 11.5 Å². The first kappa shape index (κ1) is 17.0. The Hall–Kier alpha value is -1.04. The lowest BCUT2D eigenvalue weighted by atomic mass is 10.0. The summed E-state index contributed by atoms with van der Waals surface area (Å²) in [7, 11) is 3.22. The minimum Gasteiger partial charge on any atom is -0.497 e. The maximum Gasteiger partial charge on any atom is 0.124 e. The fourth-order valence-electron chi connectivity index (χ4n) is 2.47. The van der Waals surface area contributed by atoms with E-state index in [9.17, 15) is 4.39 Å². The quantitative estimate of drug-likeness (QED) is 0.903. The third-order valence-electron chi connectivity index (χ3n) is 3.53. The van der Waals surface area contributed by atoms with E-state index in [-0.39, 0.29) is 18.4 Å². The van der Waals surface area contributed by atoms with Crippen LogP contribution in [0.1, 0.15) is 11.6 Å². The smallest absolute Gasteiger partial charge is 0.124 e. The van der Waals surface area contributed by atoms with Gasteiger partial charge in [0, 0.05) is 31.7 Å². The van der Waals surface area contributed by atoms with Crippen LogP contribution in [0.15, 0.2) is 18.2 Å². The number of methoxy groups -OCH3 is 2. The molecule has 1 fully saturated rings. The molecule has 1 aliphatic heterocycles. The van der Waals surface area contributed by atoms with Crippen molar-refractivity contribution in [3.8, 4) is 11.5 Å². The molecule has 1 heterocycles. The summed E-state index contributed by atoms with van der Waals surface area (Å²) in [4.78, 5) is 2.15. The highest BCUT2D eigenvalue weighted by Gasteiger charge is 2.25. The average molecular weight is 305 g/mol. The molecule has 0 bridgehead atoms. The van der Waals surface area contributed by atoms with Gasteiger partial charge < -0.3 is 14.8 Å². The molecule has 2 rings (SSSR count). The van der Waals surface area contributed by atoms with Crippen molar-refractivity contribution >= 4 is 12.4 Å². The van der Waals surface area contributed by atoms with Gasteiger partial charge in [-0.1, -0.05) is 0 Å². The van der Waals surface area contributed by atoms with Crippen LogP contribution < -0.4 is 14.8 Å². The largest absolute Gasteiger partial charge is 0.497 e. The second-order valence-electron chi connectivity index (χ2n) is 4.56. The fourth-order valence-corrected chi connectivity index (χ4v) is 2.47. The molecule has 0 aliphatic carbocycles. The molecule has 1 aromatic rings. The number of nitrogens with zero attached hydrogens (tertiary/aromatic N) is 1. The van der Waals surface area contributed by atoms with Crippen molar-refractivity contribution in [2.45, 2.75) is 6.04 Å². The molecule has 1 N–H and O–H groups in total. The van der Waals surface area contributed by atoms with Crippen molar-refractivity contribution in [3.63, 3.8) is 0 Å². The maximum atomic E-state index is 13.5. The number of hydrogen-bond donors (Lipinski definition) is 1. The van der Waals surface area contributed by atoms with Gasteiger partial charge >= 0.3 is 0 Å². The number of hydrogen-bond acceptors (Lipinski definition) is 4. The highest BCUT2D eigenvalue weighted by atomic mass is 35.5. The second-order valence-corrected chi connectivity index (χ2v) is 4.56. The van der Waals surface area contributed by atoms with Gasteiger partial charge in [0.25, 0.3) is 0 Å². The van der Waals surface area contributed by atoms with Gasteiger partial charge in [-0.3, -0.25) is 4.90 Å². The van der Waals surface area contributed by atoms with E-state index >= 15 is 0 Å². The predicted octanol–water partition coefficient (Wildman–Crippen LogP) is 2.04. The highest BCUT2D eigenvalue weighted by Crippen LogP contribution is 2.33. The average Bonchev–Trinajstić information content (AvgIpc) is 2.49. The monoisotopic (exact) mass is 304 g/mol. The van der Waals surface area contributed by atoms with Gasteiger partial charge in [0.15, 0.2) is 0 Å². The van der Waals surface area contributed by atoms with E-state index in [4.69, 9.17) is 9.47 Å². The lowest BCUT2D eigenvalue weighted by Gasteiger charge is -2.34. The zero-order valence-corrected chi connectivity index (χ0v) is 12.7. The Kier molecular flexibility index (Phi) is 7.05. The molecule has 1 atom stereocenters. The maximum absolute atomic E-state index is 13.5. The van der Waals surface area contributed by atoms with Gasteiger partial charge in [-0.25, -0.2) is 4.39 Å². The molecule has 4 nitrogen and oxygen atoms in total. The van der Waals surface area contributed by atoms with Crippen LogP contribution in [0, 0.1) is 0 Å². The van der Waals surface area contributed by atoms with Crippen LogP contribution >= 0.6 is 12.4 Å². The van der Waals surface area contributed by atoms with Crippen LogP contribution in [0.25, 0.3) is 0 Å².